The first-order chi connectivity index (χ1) is 17.6. The summed E-state index contributed by atoms with van der Waals surface area (Å²) in [6, 6.07) is 14.0. The minimum atomic E-state index is -0.714. The van der Waals surface area contributed by atoms with Crippen molar-refractivity contribution in [1.82, 2.24) is 14.8 Å². The molecule has 1 fully saturated rings. The van der Waals surface area contributed by atoms with Crippen LogP contribution < -0.4 is 21.7 Å². The zero-order valence-electron chi connectivity index (χ0n) is 21.4. The van der Waals surface area contributed by atoms with Crippen LogP contribution in [0, 0.1) is 0 Å². The molecule has 2 aromatic heterocycles. The van der Waals surface area contributed by atoms with Gasteiger partial charge in [-0.15, -0.1) is 0 Å². The van der Waals surface area contributed by atoms with Crippen molar-refractivity contribution in [3.05, 3.63) is 66.0 Å². The third-order valence-corrected chi connectivity index (χ3v) is 7.41. The number of nitrogens with zero attached hydrogens (tertiary/aromatic N) is 3. The van der Waals surface area contributed by atoms with Gasteiger partial charge in [0.05, 0.1) is 22.7 Å². The van der Waals surface area contributed by atoms with Gasteiger partial charge in [-0.2, -0.15) is 5.10 Å². The highest BCUT2D eigenvalue weighted by Gasteiger charge is 2.27. The maximum atomic E-state index is 12.2. The first-order valence-corrected chi connectivity index (χ1v) is 12.5. The number of primary amides is 2. The number of carbonyl (C=O) groups is 2. The van der Waals surface area contributed by atoms with Gasteiger partial charge in [0, 0.05) is 60.4 Å². The van der Waals surface area contributed by atoms with Gasteiger partial charge in [-0.3, -0.25) is 14.3 Å². The zero-order chi connectivity index (χ0) is 26.3. The molecule has 3 heterocycles. The summed E-state index contributed by atoms with van der Waals surface area (Å²) in [7, 11) is 1.87. The van der Waals surface area contributed by atoms with Crippen molar-refractivity contribution in [2.45, 2.75) is 38.1 Å². The van der Waals surface area contributed by atoms with Crippen molar-refractivity contribution in [3.8, 4) is 11.3 Å². The summed E-state index contributed by atoms with van der Waals surface area (Å²) in [6.07, 6.45) is 5.81. The van der Waals surface area contributed by atoms with Crippen molar-refractivity contribution in [1.29, 1.82) is 0 Å². The predicted octanol–water partition coefficient (Wildman–Crippen LogP) is 3.51. The summed E-state index contributed by atoms with van der Waals surface area (Å²) >= 11 is 0. The SMILES string of the molecule is Cn1cc(-c2cc3c(N4CCC[C@@H](Nc5ccc(C(C)(C)C(N)=O)cc5)C4)ccc(C(N)=O)c3[nH]2)cn1. The second-order valence-electron chi connectivity index (χ2n) is 10.4. The lowest BCUT2D eigenvalue weighted by Crippen LogP contribution is -2.42. The number of aromatic nitrogens is 3. The Bertz CT molecular complexity index is 1470. The highest BCUT2D eigenvalue weighted by atomic mass is 16.1. The fraction of sp³-hybridized carbons (Fsp3) is 0.321. The number of hydrogen-bond donors (Lipinski definition) is 4. The molecule has 0 unspecified atom stereocenters. The molecule has 4 aromatic rings. The lowest BCUT2D eigenvalue weighted by molar-refractivity contribution is -0.122. The number of nitrogens with two attached hydrogens (primary N) is 2. The number of benzene rings is 2. The molecule has 9 heteroatoms. The Morgan fingerprint density at radius 3 is 2.54 bits per heavy atom. The van der Waals surface area contributed by atoms with Crippen LogP contribution in [0.2, 0.25) is 0 Å². The maximum Gasteiger partial charge on any atom is 0.250 e. The Balaban J connectivity index is 1.40. The maximum absolute atomic E-state index is 12.2. The van der Waals surface area contributed by atoms with E-state index in [-0.39, 0.29) is 11.9 Å². The van der Waals surface area contributed by atoms with E-state index in [1.807, 2.05) is 57.4 Å². The summed E-state index contributed by atoms with van der Waals surface area (Å²) in [4.78, 5) is 29.7. The lowest BCUT2D eigenvalue weighted by atomic mass is 9.84. The van der Waals surface area contributed by atoms with E-state index in [4.69, 9.17) is 11.5 Å². The van der Waals surface area contributed by atoms with Crippen LogP contribution in [-0.4, -0.2) is 45.7 Å². The van der Waals surface area contributed by atoms with E-state index in [9.17, 15) is 9.59 Å². The Morgan fingerprint density at radius 2 is 1.89 bits per heavy atom. The van der Waals surface area contributed by atoms with Crippen LogP contribution in [0.3, 0.4) is 0 Å². The molecule has 9 nitrogen and oxygen atoms in total. The molecule has 5 rings (SSSR count). The molecule has 0 bridgehead atoms. The van der Waals surface area contributed by atoms with E-state index >= 15 is 0 Å². The number of amides is 2. The van der Waals surface area contributed by atoms with Gasteiger partial charge < -0.3 is 26.7 Å². The molecule has 2 amide bonds. The Morgan fingerprint density at radius 1 is 1.14 bits per heavy atom. The highest BCUT2D eigenvalue weighted by Crippen LogP contribution is 2.35. The van der Waals surface area contributed by atoms with Crippen LogP contribution in [0.5, 0.6) is 0 Å². The fourth-order valence-corrected chi connectivity index (χ4v) is 5.08. The standard InChI is InChI=1S/C28H33N7O2/c1-28(2,27(30)37)18-6-8-19(9-7-18)32-20-5-4-12-35(16-20)24-11-10-21(26(29)36)25-22(24)13-23(33-25)17-14-31-34(3)15-17/h6-11,13-15,20,32-33H,4-5,12,16H2,1-3H3,(H2,29,36)(H2,30,37)/t20-/m1/s1. The number of piperidine rings is 1. The molecular weight excluding hydrogens is 466 g/mol. The quantitative estimate of drug-likeness (QED) is 0.309. The number of aromatic amines is 1. The second kappa shape index (κ2) is 9.31. The predicted molar refractivity (Wildman–Crippen MR) is 147 cm³/mol. The van der Waals surface area contributed by atoms with E-state index in [0.29, 0.717) is 5.56 Å². The largest absolute Gasteiger partial charge is 0.381 e. The van der Waals surface area contributed by atoms with Gasteiger partial charge >= 0.3 is 0 Å². The van der Waals surface area contributed by atoms with Gasteiger partial charge in [0.2, 0.25) is 5.91 Å². The van der Waals surface area contributed by atoms with Crippen molar-refractivity contribution < 1.29 is 9.59 Å². The molecule has 1 aliphatic rings. The van der Waals surface area contributed by atoms with E-state index in [1.165, 1.54) is 0 Å². The van der Waals surface area contributed by atoms with Gasteiger partial charge in [0.15, 0.2) is 0 Å². The molecule has 1 saturated heterocycles. The minimum Gasteiger partial charge on any atom is -0.381 e. The first kappa shape index (κ1) is 24.4. The van der Waals surface area contributed by atoms with E-state index in [1.54, 1.807) is 16.9 Å². The summed E-state index contributed by atoms with van der Waals surface area (Å²) in [5.41, 5.74) is 16.6. The van der Waals surface area contributed by atoms with Crippen LogP contribution in [0.1, 0.15) is 42.6 Å². The van der Waals surface area contributed by atoms with E-state index < -0.39 is 11.3 Å². The van der Waals surface area contributed by atoms with Crippen LogP contribution in [0.15, 0.2) is 54.9 Å². The Kier molecular flexibility index (Phi) is 6.15. The highest BCUT2D eigenvalue weighted by molar-refractivity contribution is 6.10. The van der Waals surface area contributed by atoms with Crippen molar-refractivity contribution >= 4 is 34.1 Å². The molecule has 0 aliphatic carbocycles. The molecular formula is C28H33N7O2. The van der Waals surface area contributed by atoms with Gasteiger partial charge in [0.1, 0.15) is 0 Å². The number of H-pyrrole nitrogens is 1. The molecule has 192 valence electrons. The van der Waals surface area contributed by atoms with Crippen molar-refractivity contribution in [3.63, 3.8) is 0 Å². The first-order valence-electron chi connectivity index (χ1n) is 12.5. The second-order valence-corrected chi connectivity index (χ2v) is 10.4. The summed E-state index contributed by atoms with van der Waals surface area (Å²) in [6.45, 7) is 5.40. The third kappa shape index (κ3) is 4.64. The average Bonchev–Trinajstić information content (AvgIpc) is 3.50. The number of fused-ring (bicyclic) bond motifs is 1. The summed E-state index contributed by atoms with van der Waals surface area (Å²) in [5, 5.41) is 8.89. The van der Waals surface area contributed by atoms with Crippen molar-refractivity contribution in [2.75, 3.05) is 23.3 Å². The molecule has 1 atom stereocenters. The van der Waals surface area contributed by atoms with Crippen molar-refractivity contribution in [2.24, 2.45) is 18.5 Å². The van der Waals surface area contributed by atoms with E-state index in [2.05, 4.69) is 26.4 Å². The third-order valence-electron chi connectivity index (χ3n) is 7.41. The normalized spacial score (nSPS) is 16.2. The molecule has 2 aromatic carbocycles. The molecule has 37 heavy (non-hydrogen) atoms. The molecule has 0 saturated carbocycles. The molecule has 1 aliphatic heterocycles. The topological polar surface area (TPSA) is 135 Å². The molecule has 0 spiro atoms. The molecule has 6 N–H and O–H groups in total. The fourth-order valence-electron chi connectivity index (χ4n) is 5.08. The summed E-state index contributed by atoms with van der Waals surface area (Å²) in [5.74, 6) is -0.807. The number of anilines is 2. The number of carbonyl (C=O) groups excluding carboxylic acids is 2. The number of aryl methyl sites for hydroxylation is 1. The zero-order valence-corrected chi connectivity index (χ0v) is 21.4. The van der Waals surface area contributed by atoms with Gasteiger partial charge in [0.25, 0.3) is 5.91 Å². The number of nitrogens with one attached hydrogen (secondary N) is 2. The minimum absolute atomic E-state index is 0.242. The van der Waals surface area contributed by atoms with Crippen LogP contribution in [0.4, 0.5) is 11.4 Å². The van der Waals surface area contributed by atoms with Crippen LogP contribution >= 0.6 is 0 Å². The number of rotatable bonds is 7. The van der Waals surface area contributed by atoms with E-state index in [0.717, 1.165) is 65.0 Å². The number of hydrogen-bond acceptors (Lipinski definition) is 5. The van der Waals surface area contributed by atoms with Gasteiger partial charge in [-0.1, -0.05) is 12.1 Å². The Hall–Kier alpha value is -4.27. The van der Waals surface area contributed by atoms with Gasteiger partial charge in [-0.05, 0) is 62.6 Å². The smallest absolute Gasteiger partial charge is 0.250 e. The summed E-state index contributed by atoms with van der Waals surface area (Å²) < 4.78 is 1.75. The lowest BCUT2D eigenvalue weighted by Gasteiger charge is -2.36. The van der Waals surface area contributed by atoms with Crippen LogP contribution in [0.25, 0.3) is 22.2 Å². The van der Waals surface area contributed by atoms with Gasteiger partial charge in [-0.25, -0.2) is 0 Å². The average molecular weight is 500 g/mol. The Labute approximate surface area is 215 Å². The monoisotopic (exact) mass is 499 g/mol. The van der Waals surface area contributed by atoms with Crippen LogP contribution in [-0.2, 0) is 17.3 Å². The molecule has 0 radical (unpaired) electrons.